The van der Waals surface area contributed by atoms with E-state index >= 15 is 0 Å². The molecule has 3 rings (SSSR count). The number of rotatable bonds is 4. The van der Waals surface area contributed by atoms with Crippen molar-refractivity contribution in [3.63, 3.8) is 0 Å². The Balaban J connectivity index is 1.81. The molecule has 2 aliphatic rings. The maximum Gasteiger partial charge on any atom is 0.311 e. The average Bonchev–Trinajstić information content (AvgIpc) is 2.79. The number of hydrogen-bond donors (Lipinski definition) is 0. The molecule has 1 saturated heterocycles. The second kappa shape index (κ2) is 6.64. The third-order valence-corrected chi connectivity index (χ3v) is 4.64. The fourth-order valence-electron chi connectivity index (χ4n) is 3.62. The topological polar surface area (TPSA) is 55.8 Å². The van der Waals surface area contributed by atoms with Crippen molar-refractivity contribution in [1.82, 2.24) is 4.90 Å². The largest absolute Gasteiger partial charge is 0.497 e. The van der Waals surface area contributed by atoms with Crippen LogP contribution in [0.5, 0.6) is 5.75 Å². The minimum Gasteiger partial charge on any atom is -0.497 e. The van der Waals surface area contributed by atoms with Crippen LogP contribution in [0, 0.1) is 5.92 Å². The van der Waals surface area contributed by atoms with E-state index in [0.717, 1.165) is 11.3 Å². The minimum absolute atomic E-state index is 0.0208. The number of carbonyl (C=O) groups is 2. The van der Waals surface area contributed by atoms with Gasteiger partial charge in [0.25, 0.3) is 0 Å². The summed E-state index contributed by atoms with van der Waals surface area (Å²) in [6.45, 7) is 6.14. The van der Waals surface area contributed by atoms with Crippen LogP contribution in [0.1, 0.15) is 32.8 Å². The molecule has 0 aromatic heterocycles. The maximum absolute atomic E-state index is 12.6. The van der Waals surface area contributed by atoms with Gasteiger partial charge in [0, 0.05) is 12.6 Å². The number of methoxy groups -OCH3 is 1. The van der Waals surface area contributed by atoms with Gasteiger partial charge in [0.15, 0.2) is 5.78 Å². The summed E-state index contributed by atoms with van der Waals surface area (Å²) in [5, 5.41) is 0. The molecule has 0 saturated carbocycles. The lowest BCUT2D eigenvalue weighted by Gasteiger charge is -2.31. The van der Waals surface area contributed by atoms with E-state index in [2.05, 4.69) is 4.90 Å². The fraction of sp³-hybridized carbons (Fsp3) is 0.500. The van der Waals surface area contributed by atoms with E-state index in [1.807, 2.05) is 51.1 Å². The van der Waals surface area contributed by atoms with Gasteiger partial charge in [-0.15, -0.1) is 0 Å². The van der Waals surface area contributed by atoms with Gasteiger partial charge in [-0.05, 0) is 51.0 Å². The lowest BCUT2D eigenvalue weighted by molar-refractivity contribution is -0.161. The van der Waals surface area contributed by atoms with E-state index in [-0.39, 0.29) is 17.8 Å². The third-order valence-electron chi connectivity index (χ3n) is 4.64. The van der Waals surface area contributed by atoms with E-state index in [1.165, 1.54) is 0 Å². The molecule has 134 valence electrons. The van der Waals surface area contributed by atoms with Crippen molar-refractivity contribution in [1.29, 1.82) is 0 Å². The highest BCUT2D eigenvalue weighted by molar-refractivity contribution is 5.99. The zero-order valence-electron chi connectivity index (χ0n) is 15.2. The first-order valence-electron chi connectivity index (χ1n) is 8.62. The van der Waals surface area contributed by atoms with Crippen molar-refractivity contribution < 1.29 is 19.1 Å². The van der Waals surface area contributed by atoms with Crippen LogP contribution < -0.4 is 4.74 Å². The number of hydrogen-bond acceptors (Lipinski definition) is 5. The molecule has 3 atom stereocenters. The molecule has 5 heteroatoms. The standard InChI is InChI=1S/C20H25NO4/c1-20(2,3)25-19(23)16-11-14-8-9-17(22)18(16)21(14)12-13-6-5-7-15(10-13)24-4/h5-10,14,16,18H,11-12H2,1-4H3/t14-,16+,18-/m1/s1. The molecule has 2 heterocycles. The lowest BCUT2D eigenvalue weighted by Crippen LogP contribution is -2.46. The molecule has 2 aliphatic heterocycles. The number of ketones is 1. The van der Waals surface area contributed by atoms with Crippen LogP contribution in [0.3, 0.4) is 0 Å². The molecule has 0 unspecified atom stereocenters. The summed E-state index contributed by atoms with van der Waals surface area (Å²) >= 11 is 0. The number of nitrogens with zero attached hydrogens (tertiary/aromatic N) is 1. The van der Waals surface area contributed by atoms with Gasteiger partial charge in [-0.3, -0.25) is 14.5 Å². The van der Waals surface area contributed by atoms with E-state index < -0.39 is 17.6 Å². The Morgan fingerprint density at radius 1 is 1.32 bits per heavy atom. The number of fused-ring (bicyclic) bond motifs is 2. The van der Waals surface area contributed by atoms with Crippen LogP contribution in [0.25, 0.3) is 0 Å². The Kier molecular flexibility index (Phi) is 4.69. The Morgan fingerprint density at radius 2 is 2.08 bits per heavy atom. The van der Waals surface area contributed by atoms with Gasteiger partial charge in [0.2, 0.25) is 0 Å². The molecule has 25 heavy (non-hydrogen) atoms. The van der Waals surface area contributed by atoms with Crippen LogP contribution in [0.15, 0.2) is 36.4 Å². The van der Waals surface area contributed by atoms with Crippen molar-refractivity contribution in [2.45, 2.75) is 51.4 Å². The Morgan fingerprint density at radius 3 is 2.76 bits per heavy atom. The molecule has 5 nitrogen and oxygen atoms in total. The molecule has 1 aromatic rings. The molecule has 0 amide bonds. The summed E-state index contributed by atoms with van der Waals surface area (Å²) in [7, 11) is 1.63. The second-order valence-electron chi connectivity index (χ2n) is 7.67. The first-order valence-corrected chi connectivity index (χ1v) is 8.62. The van der Waals surface area contributed by atoms with Crippen molar-refractivity contribution in [2.24, 2.45) is 5.92 Å². The molecule has 0 spiro atoms. The van der Waals surface area contributed by atoms with Crippen molar-refractivity contribution in [3.05, 3.63) is 42.0 Å². The van der Waals surface area contributed by atoms with Crippen LogP contribution in [-0.4, -0.2) is 41.4 Å². The van der Waals surface area contributed by atoms with E-state index in [0.29, 0.717) is 13.0 Å². The Bertz CT molecular complexity index is 704. The molecular formula is C20H25NO4. The minimum atomic E-state index is -0.554. The SMILES string of the molecule is COc1cccc(CN2[C@@H]3C=CC(=O)[C@H]2[C@@H](C(=O)OC(C)(C)C)C3)c1. The van der Waals surface area contributed by atoms with Gasteiger partial charge in [-0.2, -0.15) is 0 Å². The Labute approximate surface area is 148 Å². The van der Waals surface area contributed by atoms with E-state index in [1.54, 1.807) is 13.2 Å². The van der Waals surface area contributed by atoms with Gasteiger partial charge in [-0.1, -0.05) is 18.2 Å². The molecule has 1 fully saturated rings. The van der Waals surface area contributed by atoms with Crippen LogP contribution in [-0.2, 0) is 20.9 Å². The molecule has 0 N–H and O–H groups in total. The summed E-state index contributed by atoms with van der Waals surface area (Å²) in [6, 6.07) is 7.42. The molecule has 0 radical (unpaired) electrons. The number of carbonyl (C=O) groups excluding carboxylic acids is 2. The van der Waals surface area contributed by atoms with Crippen LogP contribution in [0.2, 0.25) is 0 Å². The Hall–Kier alpha value is -2.14. The lowest BCUT2D eigenvalue weighted by atomic mass is 9.97. The number of esters is 1. The summed E-state index contributed by atoms with van der Waals surface area (Å²) in [4.78, 5) is 27.2. The second-order valence-corrected chi connectivity index (χ2v) is 7.67. The zero-order valence-corrected chi connectivity index (χ0v) is 15.2. The summed E-state index contributed by atoms with van der Waals surface area (Å²) in [5.74, 6) is 0.0601. The molecule has 1 aromatic carbocycles. The van der Waals surface area contributed by atoms with E-state index in [4.69, 9.17) is 9.47 Å². The normalized spacial score (nSPS) is 25.9. The zero-order chi connectivity index (χ0) is 18.2. The van der Waals surface area contributed by atoms with Crippen molar-refractivity contribution in [2.75, 3.05) is 7.11 Å². The molecule has 0 aliphatic carbocycles. The smallest absolute Gasteiger partial charge is 0.311 e. The highest BCUT2D eigenvalue weighted by atomic mass is 16.6. The number of ether oxygens (including phenoxy) is 2. The molecular weight excluding hydrogens is 318 g/mol. The van der Waals surface area contributed by atoms with Crippen molar-refractivity contribution in [3.8, 4) is 5.75 Å². The van der Waals surface area contributed by atoms with Crippen molar-refractivity contribution >= 4 is 11.8 Å². The fourth-order valence-corrected chi connectivity index (χ4v) is 3.62. The summed E-state index contributed by atoms with van der Waals surface area (Å²) in [5.41, 5.74) is 0.504. The predicted octanol–water partition coefficient (Wildman–Crippen LogP) is 2.73. The third kappa shape index (κ3) is 3.76. The highest BCUT2D eigenvalue weighted by Gasteiger charge is 2.50. The quantitative estimate of drug-likeness (QED) is 0.787. The maximum atomic E-state index is 12.6. The summed E-state index contributed by atoms with van der Waals surface area (Å²) < 4.78 is 10.8. The van der Waals surface area contributed by atoms with Gasteiger partial charge in [0.05, 0.1) is 19.1 Å². The number of benzene rings is 1. The van der Waals surface area contributed by atoms with Gasteiger partial charge in [-0.25, -0.2) is 0 Å². The summed E-state index contributed by atoms with van der Waals surface area (Å²) in [6.07, 6.45) is 4.14. The average molecular weight is 343 g/mol. The first kappa shape index (κ1) is 17.7. The van der Waals surface area contributed by atoms with Crippen LogP contribution in [0.4, 0.5) is 0 Å². The molecule has 2 bridgehead atoms. The van der Waals surface area contributed by atoms with Crippen LogP contribution >= 0.6 is 0 Å². The van der Waals surface area contributed by atoms with Gasteiger partial charge in [0.1, 0.15) is 11.4 Å². The monoisotopic (exact) mass is 343 g/mol. The van der Waals surface area contributed by atoms with Gasteiger partial charge >= 0.3 is 5.97 Å². The first-order chi connectivity index (χ1) is 11.8. The van der Waals surface area contributed by atoms with Gasteiger partial charge < -0.3 is 9.47 Å². The van der Waals surface area contributed by atoms with E-state index in [9.17, 15) is 9.59 Å². The predicted molar refractivity (Wildman–Crippen MR) is 94.2 cm³/mol. The highest BCUT2D eigenvalue weighted by Crippen LogP contribution is 2.37.